The number of carboxylic acid groups (broad SMARTS) is 1. The average Bonchev–Trinajstić information content (AvgIpc) is 2.46. The Morgan fingerprint density at radius 1 is 1.26 bits per heavy atom. The van der Waals surface area contributed by atoms with Crippen LogP contribution in [-0.2, 0) is 4.79 Å². The number of carboxylic acids is 1. The first-order valence-corrected chi connectivity index (χ1v) is 6.70. The van der Waals surface area contributed by atoms with Gasteiger partial charge in [0.05, 0.1) is 0 Å². The van der Waals surface area contributed by atoms with Gasteiger partial charge >= 0.3 is 5.97 Å². The highest BCUT2D eigenvalue weighted by Crippen LogP contribution is 2.21. The predicted octanol–water partition coefficient (Wildman–Crippen LogP) is 1.23. The average molecular weight is 263 g/mol. The van der Waals surface area contributed by atoms with Gasteiger partial charge in [-0.05, 0) is 25.5 Å². The van der Waals surface area contributed by atoms with Crippen molar-refractivity contribution in [2.45, 2.75) is 25.9 Å². The van der Waals surface area contributed by atoms with Gasteiger partial charge in [-0.3, -0.25) is 19.6 Å². The summed E-state index contributed by atoms with van der Waals surface area (Å²) >= 11 is 0. The van der Waals surface area contributed by atoms with Crippen LogP contribution in [0.25, 0.3) is 0 Å². The van der Waals surface area contributed by atoms with Gasteiger partial charge in [0, 0.05) is 44.6 Å². The van der Waals surface area contributed by atoms with Crippen LogP contribution in [0.2, 0.25) is 0 Å². The van der Waals surface area contributed by atoms with Crippen molar-refractivity contribution in [2.75, 3.05) is 26.2 Å². The van der Waals surface area contributed by atoms with Crippen molar-refractivity contribution in [3.63, 3.8) is 0 Å². The normalized spacial score (nSPS) is 20.9. The molecule has 0 amide bonds. The molecule has 0 bridgehead atoms. The van der Waals surface area contributed by atoms with E-state index in [9.17, 15) is 4.79 Å². The van der Waals surface area contributed by atoms with Crippen LogP contribution in [0.5, 0.6) is 0 Å². The molecule has 1 saturated heterocycles. The lowest BCUT2D eigenvalue weighted by Crippen LogP contribution is -2.52. The number of nitrogens with zero attached hydrogens (tertiary/aromatic N) is 3. The molecule has 2 atom stereocenters. The number of pyridine rings is 1. The molecule has 0 aliphatic carbocycles. The Morgan fingerprint density at radius 2 is 1.89 bits per heavy atom. The molecule has 1 aliphatic rings. The highest BCUT2D eigenvalue weighted by atomic mass is 16.4. The first-order valence-electron chi connectivity index (χ1n) is 6.70. The molecule has 0 aromatic carbocycles. The fourth-order valence-corrected chi connectivity index (χ4v) is 2.50. The molecule has 1 fully saturated rings. The van der Waals surface area contributed by atoms with Gasteiger partial charge in [0.15, 0.2) is 0 Å². The van der Waals surface area contributed by atoms with Crippen molar-refractivity contribution in [1.29, 1.82) is 0 Å². The van der Waals surface area contributed by atoms with E-state index in [0.717, 1.165) is 26.2 Å². The Balaban J connectivity index is 1.91. The van der Waals surface area contributed by atoms with E-state index in [-0.39, 0.29) is 0 Å². The monoisotopic (exact) mass is 263 g/mol. The smallest absolute Gasteiger partial charge is 0.320 e. The maximum absolute atomic E-state index is 11.0. The minimum absolute atomic E-state index is 0.330. The van der Waals surface area contributed by atoms with E-state index in [1.807, 2.05) is 17.2 Å². The SMILES string of the molecule is C[C@H](C(=O)O)N1CCN([C@H](C)c2cccnc2)CC1. The molecule has 5 nitrogen and oxygen atoms in total. The molecule has 2 rings (SSSR count). The zero-order valence-electron chi connectivity index (χ0n) is 11.5. The van der Waals surface area contributed by atoms with Crippen molar-refractivity contribution in [3.05, 3.63) is 30.1 Å². The molecule has 19 heavy (non-hydrogen) atoms. The summed E-state index contributed by atoms with van der Waals surface area (Å²) in [7, 11) is 0. The Hall–Kier alpha value is -1.46. The number of rotatable bonds is 4. The van der Waals surface area contributed by atoms with Gasteiger partial charge in [-0.1, -0.05) is 6.07 Å². The first kappa shape index (κ1) is 14.0. The summed E-state index contributed by atoms with van der Waals surface area (Å²) in [5.41, 5.74) is 1.21. The Morgan fingerprint density at radius 3 is 2.42 bits per heavy atom. The molecule has 0 saturated carbocycles. The van der Waals surface area contributed by atoms with E-state index in [2.05, 4.69) is 22.9 Å². The molecular weight excluding hydrogens is 242 g/mol. The van der Waals surface area contributed by atoms with Crippen LogP contribution in [0.1, 0.15) is 25.5 Å². The van der Waals surface area contributed by atoms with Crippen LogP contribution in [0, 0.1) is 0 Å². The standard InChI is InChI=1S/C14H21N3O2/c1-11(13-4-3-5-15-10-13)16-6-8-17(9-7-16)12(2)14(18)19/h3-5,10-12H,6-9H2,1-2H3,(H,18,19)/t11-,12-/m1/s1. The van der Waals surface area contributed by atoms with Crippen molar-refractivity contribution >= 4 is 5.97 Å². The van der Waals surface area contributed by atoms with Crippen molar-refractivity contribution in [1.82, 2.24) is 14.8 Å². The third-order valence-electron chi connectivity index (χ3n) is 3.97. The largest absolute Gasteiger partial charge is 0.480 e. The van der Waals surface area contributed by atoms with Crippen molar-refractivity contribution in [2.24, 2.45) is 0 Å². The third-order valence-corrected chi connectivity index (χ3v) is 3.97. The summed E-state index contributed by atoms with van der Waals surface area (Å²) < 4.78 is 0. The maximum atomic E-state index is 11.0. The van der Waals surface area contributed by atoms with Gasteiger partial charge in [0.2, 0.25) is 0 Å². The minimum Gasteiger partial charge on any atom is -0.480 e. The molecule has 0 radical (unpaired) electrons. The maximum Gasteiger partial charge on any atom is 0.320 e. The van der Waals surface area contributed by atoms with Gasteiger partial charge in [0.25, 0.3) is 0 Å². The van der Waals surface area contributed by atoms with Crippen LogP contribution in [0.4, 0.5) is 0 Å². The van der Waals surface area contributed by atoms with Gasteiger partial charge < -0.3 is 5.11 Å². The van der Waals surface area contributed by atoms with E-state index in [0.29, 0.717) is 6.04 Å². The lowest BCUT2D eigenvalue weighted by Gasteiger charge is -2.39. The Bertz CT molecular complexity index is 416. The summed E-state index contributed by atoms with van der Waals surface area (Å²) in [5.74, 6) is -0.742. The number of aromatic nitrogens is 1. The van der Waals surface area contributed by atoms with Crippen molar-refractivity contribution < 1.29 is 9.90 Å². The number of piperazine rings is 1. The summed E-state index contributed by atoms with van der Waals surface area (Å²) in [4.78, 5) is 19.5. The van der Waals surface area contributed by atoms with E-state index in [1.54, 1.807) is 13.1 Å². The van der Waals surface area contributed by atoms with Gasteiger partial charge in [0.1, 0.15) is 6.04 Å². The number of hydrogen-bond acceptors (Lipinski definition) is 4. The Labute approximate surface area is 113 Å². The topological polar surface area (TPSA) is 56.7 Å². The third kappa shape index (κ3) is 3.30. The summed E-state index contributed by atoms with van der Waals surface area (Å²) in [6.07, 6.45) is 3.68. The fraction of sp³-hybridized carbons (Fsp3) is 0.571. The molecule has 1 aliphatic heterocycles. The number of aliphatic carboxylic acids is 1. The second kappa shape index (κ2) is 6.12. The molecular formula is C14H21N3O2. The molecule has 5 heteroatoms. The van der Waals surface area contributed by atoms with Crippen molar-refractivity contribution in [3.8, 4) is 0 Å². The van der Waals surface area contributed by atoms with E-state index in [4.69, 9.17) is 5.11 Å². The minimum atomic E-state index is -0.742. The fourth-order valence-electron chi connectivity index (χ4n) is 2.50. The summed E-state index contributed by atoms with van der Waals surface area (Å²) in [6.45, 7) is 7.33. The van der Waals surface area contributed by atoms with Crippen LogP contribution in [0.3, 0.4) is 0 Å². The predicted molar refractivity (Wildman–Crippen MR) is 72.9 cm³/mol. The van der Waals surface area contributed by atoms with Gasteiger partial charge in [-0.15, -0.1) is 0 Å². The summed E-state index contributed by atoms with van der Waals surface area (Å²) in [5, 5.41) is 9.02. The lowest BCUT2D eigenvalue weighted by molar-refractivity contribution is -0.143. The second-order valence-electron chi connectivity index (χ2n) is 5.05. The number of hydrogen-bond donors (Lipinski definition) is 1. The van der Waals surface area contributed by atoms with E-state index in [1.165, 1.54) is 5.56 Å². The lowest BCUT2D eigenvalue weighted by atomic mass is 10.1. The summed E-state index contributed by atoms with van der Waals surface area (Å²) in [6, 6.07) is 3.98. The zero-order valence-corrected chi connectivity index (χ0v) is 11.5. The van der Waals surface area contributed by atoms with Crippen LogP contribution < -0.4 is 0 Å². The van der Waals surface area contributed by atoms with Gasteiger partial charge in [-0.2, -0.15) is 0 Å². The van der Waals surface area contributed by atoms with Gasteiger partial charge in [-0.25, -0.2) is 0 Å². The molecule has 1 aromatic rings. The highest BCUT2D eigenvalue weighted by Gasteiger charge is 2.27. The van der Waals surface area contributed by atoms with E-state index >= 15 is 0 Å². The number of carbonyl (C=O) groups is 1. The van der Waals surface area contributed by atoms with Crippen LogP contribution >= 0.6 is 0 Å². The van der Waals surface area contributed by atoms with Crippen LogP contribution in [0.15, 0.2) is 24.5 Å². The second-order valence-corrected chi connectivity index (χ2v) is 5.05. The van der Waals surface area contributed by atoms with E-state index < -0.39 is 12.0 Å². The Kier molecular flexibility index (Phi) is 4.50. The molecule has 1 aromatic heterocycles. The molecule has 1 N–H and O–H groups in total. The molecule has 0 unspecified atom stereocenters. The molecule has 104 valence electrons. The molecule has 0 spiro atoms. The highest BCUT2D eigenvalue weighted by molar-refractivity contribution is 5.72. The molecule has 2 heterocycles. The quantitative estimate of drug-likeness (QED) is 0.885. The van der Waals surface area contributed by atoms with Crippen LogP contribution in [-0.4, -0.2) is 58.1 Å². The zero-order chi connectivity index (χ0) is 13.8. The first-order chi connectivity index (χ1) is 9.09.